The molecule has 3 fully saturated rings. The van der Waals surface area contributed by atoms with Gasteiger partial charge in [-0.3, -0.25) is 4.90 Å². The normalized spacial score (nSPS) is 30.9. The molecule has 2 saturated heterocycles. The first-order valence-corrected chi connectivity index (χ1v) is 9.86. The fourth-order valence-corrected chi connectivity index (χ4v) is 4.73. The molecule has 4 heteroatoms. The molecule has 0 radical (unpaired) electrons. The van der Waals surface area contributed by atoms with Crippen molar-refractivity contribution in [1.29, 1.82) is 0 Å². The van der Waals surface area contributed by atoms with Crippen LogP contribution in [0.5, 0.6) is 0 Å². The zero-order valence-electron chi connectivity index (χ0n) is 15.0. The number of hydrogen-bond acceptors (Lipinski definition) is 4. The predicted octanol–water partition coefficient (Wildman–Crippen LogP) is 4.10. The highest BCUT2D eigenvalue weighted by atomic mass is 16.5. The number of morpholine rings is 1. The van der Waals surface area contributed by atoms with E-state index in [1.807, 2.05) is 0 Å². The average molecular weight is 333 g/mol. The van der Waals surface area contributed by atoms with Gasteiger partial charge in [0.25, 0.3) is 0 Å². The molecule has 2 aliphatic heterocycles. The second-order valence-electron chi connectivity index (χ2n) is 7.77. The van der Waals surface area contributed by atoms with E-state index in [0.717, 1.165) is 44.2 Å². The number of furan rings is 1. The van der Waals surface area contributed by atoms with Crippen molar-refractivity contribution in [3.63, 3.8) is 0 Å². The van der Waals surface area contributed by atoms with Crippen LogP contribution >= 0.6 is 0 Å². The zero-order chi connectivity index (χ0) is 16.4. The van der Waals surface area contributed by atoms with Crippen LogP contribution in [0.2, 0.25) is 0 Å². The van der Waals surface area contributed by atoms with Crippen LogP contribution in [0.1, 0.15) is 69.4 Å². The van der Waals surface area contributed by atoms with E-state index in [4.69, 9.17) is 13.9 Å². The van der Waals surface area contributed by atoms with Gasteiger partial charge in [0.1, 0.15) is 11.5 Å². The third-order valence-corrected chi connectivity index (χ3v) is 6.14. The van der Waals surface area contributed by atoms with E-state index in [1.165, 1.54) is 44.9 Å². The lowest BCUT2D eigenvalue weighted by Gasteiger charge is -2.37. The number of nitrogens with zero attached hydrogens (tertiary/aromatic N) is 1. The van der Waals surface area contributed by atoms with Gasteiger partial charge in [-0.05, 0) is 37.8 Å². The molecule has 4 rings (SSSR count). The minimum atomic E-state index is 0.213. The van der Waals surface area contributed by atoms with Crippen LogP contribution in [0.15, 0.2) is 16.5 Å². The molecular formula is C20H31NO3. The molecule has 3 heterocycles. The summed E-state index contributed by atoms with van der Waals surface area (Å²) in [4.78, 5) is 2.52. The Morgan fingerprint density at radius 1 is 1.17 bits per heavy atom. The van der Waals surface area contributed by atoms with Crippen LogP contribution in [0, 0.1) is 0 Å². The van der Waals surface area contributed by atoms with Crippen LogP contribution < -0.4 is 0 Å². The van der Waals surface area contributed by atoms with Crippen molar-refractivity contribution in [3.8, 4) is 0 Å². The Labute approximate surface area is 145 Å². The first-order valence-electron chi connectivity index (χ1n) is 9.86. The second-order valence-corrected chi connectivity index (χ2v) is 7.77. The minimum Gasteiger partial charge on any atom is -0.464 e. The van der Waals surface area contributed by atoms with Crippen LogP contribution in [-0.2, 0) is 15.9 Å². The van der Waals surface area contributed by atoms with Crippen molar-refractivity contribution in [2.75, 3.05) is 26.3 Å². The summed E-state index contributed by atoms with van der Waals surface area (Å²) < 4.78 is 18.3. The van der Waals surface area contributed by atoms with Gasteiger partial charge in [-0.25, -0.2) is 0 Å². The van der Waals surface area contributed by atoms with Crippen molar-refractivity contribution < 1.29 is 13.9 Å². The van der Waals surface area contributed by atoms with Gasteiger partial charge in [-0.2, -0.15) is 0 Å². The van der Waals surface area contributed by atoms with Crippen molar-refractivity contribution in [2.45, 2.75) is 76.0 Å². The van der Waals surface area contributed by atoms with E-state index in [9.17, 15) is 0 Å². The third-order valence-electron chi connectivity index (χ3n) is 6.14. The molecule has 1 saturated carbocycles. The smallest absolute Gasteiger partial charge is 0.123 e. The van der Waals surface area contributed by atoms with E-state index in [-0.39, 0.29) is 11.6 Å². The van der Waals surface area contributed by atoms with Crippen LogP contribution in [-0.4, -0.2) is 42.9 Å². The van der Waals surface area contributed by atoms with Crippen LogP contribution in [0.4, 0.5) is 0 Å². The Morgan fingerprint density at radius 3 is 2.83 bits per heavy atom. The van der Waals surface area contributed by atoms with Gasteiger partial charge in [-0.1, -0.05) is 26.2 Å². The summed E-state index contributed by atoms with van der Waals surface area (Å²) in [6, 6.07) is 4.47. The number of rotatable bonds is 4. The van der Waals surface area contributed by atoms with Crippen LogP contribution in [0.3, 0.4) is 0 Å². The average Bonchev–Trinajstić information content (AvgIpc) is 3.24. The predicted molar refractivity (Wildman–Crippen MR) is 93.1 cm³/mol. The Bertz CT molecular complexity index is 535. The molecule has 3 aliphatic rings. The molecule has 0 amide bonds. The maximum absolute atomic E-state index is 6.59. The lowest BCUT2D eigenvalue weighted by atomic mass is 9.83. The molecule has 0 N–H and O–H groups in total. The Kier molecular flexibility index (Phi) is 4.98. The molecular weight excluding hydrogens is 302 g/mol. The largest absolute Gasteiger partial charge is 0.464 e. The molecule has 24 heavy (non-hydrogen) atoms. The molecule has 1 aliphatic carbocycles. The van der Waals surface area contributed by atoms with Gasteiger partial charge in [0.2, 0.25) is 0 Å². The Morgan fingerprint density at radius 2 is 2.04 bits per heavy atom. The topological polar surface area (TPSA) is 34.8 Å². The highest BCUT2D eigenvalue weighted by Gasteiger charge is 2.42. The summed E-state index contributed by atoms with van der Waals surface area (Å²) in [5, 5.41) is 0. The zero-order valence-corrected chi connectivity index (χ0v) is 15.0. The van der Waals surface area contributed by atoms with E-state index in [0.29, 0.717) is 6.10 Å². The van der Waals surface area contributed by atoms with Crippen molar-refractivity contribution >= 4 is 0 Å². The van der Waals surface area contributed by atoms with Gasteiger partial charge in [-0.15, -0.1) is 0 Å². The molecule has 134 valence electrons. The second kappa shape index (κ2) is 7.19. The highest BCUT2D eigenvalue weighted by molar-refractivity contribution is 5.12. The molecule has 0 aromatic carbocycles. The fourth-order valence-electron chi connectivity index (χ4n) is 4.73. The van der Waals surface area contributed by atoms with E-state index in [2.05, 4.69) is 24.0 Å². The molecule has 1 aromatic heterocycles. The van der Waals surface area contributed by atoms with Crippen molar-refractivity contribution in [1.82, 2.24) is 4.90 Å². The quantitative estimate of drug-likeness (QED) is 0.831. The summed E-state index contributed by atoms with van der Waals surface area (Å²) in [6.45, 7) is 5.66. The molecule has 2 unspecified atom stereocenters. The Balaban J connectivity index is 1.40. The van der Waals surface area contributed by atoms with E-state index in [1.54, 1.807) is 0 Å². The van der Waals surface area contributed by atoms with Gasteiger partial charge in [0.15, 0.2) is 0 Å². The maximum Gasteiger partial charge on any atom is 0.123 e. The lowest BCUT2D eigenvalue weighted by Crippen LogP contribution is -2.44. The number of ether oxygens (including phenoxy) is 2. The SMILES string of the molecule is CCc1ccc(C2COCCN2CC2CCC3(CCCCC3)O2)o1. The standard InChI is InChI=1S/C20H31NO3/c1-2-16-6-7-19(23-16)18-15-22-13-12-21(18)14-17-8-11-20(24-17)9-4-3-5-10-20/h6-7,17-18H,2-5,8-15H2,1H3. The van der Waals surface area contributed by atoms with Crippen LogP contribution in [0.25, 0.3) is 0 Å². The van der Waals surface area contributed by atoms with E-state index >= 15 is 0 Å². The first-order chi connectivity index (χ1) is 11.8. The Hall–Kier alpha value is -0.840. The summed E-state index contributed by atoms with van der Waals surface area (Å²) in [6.07, 6.45) is 10.4. The number of hydrogen-bond donors (Lipinski definition) is 0. The van der Waals surface area contributed by atoms with Gasteiger partial charge in [0.05, 0.1) is 31.0 Å². The first kappa shape index (κ1) is 16.6. The van der Waals surface area contributed by atoms with Crippen molar-refractivity contribution in [2.24, 2.45) is 0 Å². The summed E-state index contributed by atoms with van der Waals surface area (Å²) in [5.74, 6) is 2.12. The van der Waals surface area contributed by atoms with Gasteiger partial charge < -0.3 is 13.9 Å². The highest BCUT2D eigenvalue weighted by Crippen LogP contribution is 2.42. The monoisotopic (exact) mass is 333 g/mol. The molecule has 2 atom stereocenters. The minimum absolute atomic E-state index is 0.213. The van der Waals surface area contributed by atoms with Gasteiger partial charge >= 0.3 is 0 Å². The van der Waals surface area contributed by atoms with E-state index < -0.39 is 0 Å². The summed E-state index contributed by atoms with van der Waals surface area (Å²) >= 11 is 0. The maximum atomic E-state index is 6.59. The fraction of sp³-hybridized carbons (Fsp3) is 0.800. The number of aryl methyl sites for hydroxylation is 1. The summed E-state index contributed by atoms with van der Waals surface area (Å²) in [5.41, 5.74) is 0.213. The molecule has 0 bridgehead atoms. The van der Waals surface area contributed by atoms with Crippen molar-refractivity contribution in [3.05, 3.63) is 23.7 Å². The molecule has 1 spiro atoms. The molecule has 1 aromatic rings. The molecule has 4 nitrogen and oxygen atoms in total. The third kappa shape index (κ3) is 3.42. The summed E-state index contributed by atoms with van der Waals surface area (Å²) in [7, 11) is 0. The lowest BCUT2D eigenvalue weighted by molar-refractivity contribution is -0.0900. The van der Waals surface area contributed by atoms with Gasteiger partial charge in [0, 0.05) is 19.5 Å².